The van der Waals surface area contributed by atoms with Gasteiger partial charge in [0.15, 0.2) is 0 Å². The molecule has 0 radical (unpaired) electrons. The van der Waals surface area contributed by atoms with Crippen molar-refractivity contribution in [3.05, 3.63) is 18.7 Å². The standard InChI is InChI=1S/C9H11N3/c10-6-8-2-1-3-9(8)12-5-4-11-7-12/h4-5,7-9H,1-3H2. The lowest BCUT2D eigenvalue weighted by atomic mass is 10.1. The summed E-state index contributed by atoms with van der Waals surface area (Å²) in [5.41, 5.74) is 0. The van der Waals surface area contributed by atoms with Crippen LogP contribution in [0, 0.1) is 17.2 Å². The van der Waals surface area contributed by atoms with E-state index < -0.39 is 0 Å². The van der Waals surface area contributed by atoms with Gasteiger partial charge in [-0.15, -0.1) is 0 Å². The Bertz CT molecular complexity index is 283. The van der Waals surface area contributed by atoms with E-state index in [0.29, 0.717) is 6.04 Å². The lowest BCUT2D eigenvalue weighted by molar-refractivity contribution is 0.449. The summed E-state index contributed by atoms with van der Waals surface area (Å²) in [6, 6.07) is 2.73. The molecule has 1 heterocycles. The molecule has 1 aromatic heterocycles. The Morgan fingerprint density at radius 3 is 3.08 bits per heavy atom. The Labute approximate surface area is 71.6 Å². The van der Waals surface area contributed by atoms with Crippen LogP contribution in [0.4, 0.5) is 0 Å². The van der Waals surface area contributed by atoms with Crippen LogP contribution in [0.3, 0.4) is 0 Å². The van der Waals surface area contributed by atoms with Gasteiger partial charge in [0.2, 0.25) is 0 Å². The number of nitrogens with zero attached hydrogens (tertiary/aromatic N) is 3. The Morgan fingerprint density at radius 2 is 2.42 bits per heavy atom. The molecule has 2 unspecified atom stereocenters. The smallest absolute Gasteiger partial charge is 0.0948 e. The predicted octanol–water partition coefficient (Wildman–Crippen LogP) is 1.75. The van der Waals surface area contributed by atoms with Crippen molar-refractivity contribution < 1.29 is 0 Å². The van der Waals surface area contributed by atoms with Gasteiger partial charge in [0.05, 0.1) is 24.4 Å². The van der Waals surface area contributed by atoms with Crippen molar-refractivity contribution in [1.82, 2.24) is 9.55 Å². The number of aromatic nitrogens is 2. The van der Waals surface area contributed by atoms with Gasteiger partial charge in [-0.05, 0) is 19.3 Å². The van der Waals surface area contributed by atoms with Crippen molar-refractivity contribution in [2.24, 2.45) is 5.92 Å². The average molecular weight is 161 g/mol. The maximum absolute atomic E-state index is 8.85. The van der Waals surface area contributed by atoms with Crippen LogP contribution >= 0.6 is 0 Å². The van der Waals surface area contributed by atoms with Gasteiger partial charge in [0.1, 0.15) is 0 Å². The molecule has 0 N–H and O–H groups in total. The third-order valence-corrected chi connectivity index (χ3v) is 2.55. The van der Waals surface area contributed by atoms with Crippen molar-refractivity contribution >= 4 is 0 Å². The summed E-state index contributed by atoms with van der Waals surface area (Å²) in [7, 11) is 0. The fraction of sp³-hybridized carbons (Fsp3) is 0.556. The molecule has 2 rings (SSSR count). The van der Waals surface area contributed by atoms with Crippen molar-refractivity contribution in [1.29, 1.82) is 5.26 Å². The largest absolute Gasteiger partial charge is 0.333 e. The minimum atomic E-state index is 0.194. The summed E-state index contributed by atoms with van der Waals surface area (Å²) >= 11 is 0. The normalized spacial score (nSPS) is 28.6. The quantitative estimate of drug-likeness (QED) is 0.629. The van der Waals surface area contributed by atoms with Crippen LogP contribution in [0.2, 0.25) is 0 Å². The monoisotopic (exact) mass is 161 g/mol. The molecule has 3 nitrogen and oxygen atoms in total. The van der Waals surface area contributed by atoms with Crippen LogP contribution in [-0.4, -0.2) is 9.55 Å². The van der Waals surface area contributed by atoms with Gasteiger partial charge in [0, 0.05) is 12.4 Å². The van der Waals surface area contributed by atoms with E-state index in [-0.39, 0.29) is 5.92 Å². The highest BCUT2D eigenvalue weighted by Gasteiger charge is 2.27. The van der Waals surface area contributed by atoms with Gasteiger partial charge in [-0.3, -0.25) is 0 Å². The van der Waals surface area contributed by atoms with Crippen LogP contribution in [0.5, 0.6) is 0 Å². The van der Waals surface area contributed by atoms with Crippen molar-refractivity contribution in [3.8, 4) is 6.07 Å². The maximum atomic E-state index is 8.85. The van der Waals surface area contributed by atoms with Crippen LogP contribution < -0.4 is 0 Å². The Kier molecular flexibility index (Phi) is 1.83. The van der Waals surface area contributed by atoms with Gasteiger partial charge in [-0.1, -0.05) is 0 Å². The van der Waals surface area contributed by atoms with Crippen LogP contribution in [-0.2, 0) is 0 Å². The molecule has 3 heteroatoms. The van der Waals surface area contributed by atoms with E-state index in [1.165, 1.54) is 6.42 Å². The number of nitriles is 1. The van der Waals surface area contributed by atoms with E-state index in [0.717, 1.165) is 12.8 Å². The fourth-order valence-corrected chi connectivity index (χ4v) is 1.91. The van der Waals surface area contributed by atoms with Gasteiger partial charge in [0.25, 0.3) is 0 Å². The number of imidazole rings is 1. The summed E-state index contributed by atoms with van der Waals surface area (Å²) in [5, 5.41) is 8.85. The maximum Gasteiger partial charge on any atom is 0.0948 e. The highest BCUT2D eigenvalue weighted by atomic mass is 15.1. The molecular weight excluding hydrogens is 150 g/mol. The summed E-state index contributed by atoms with van der Waals surface area (Å²) < 4.78 is 2.06. The van der Waals surface area contributed by atoms with Crippen molar-refractivity contribution in [2.75, 3.05) is 0 Å². The lowest BCUT2D eigenvalue weighted by Gasteiger charge is -2.13. The van der Waals surface area contributed by atoms with E-state index in [1.807, 2.05) is 6.20 Å². The summed E-state index contributed by atoms with van der Waals surface area (Å²) in [6.45, 7) is 0. The SMILES string of the molecule is N#CC1CCCC1n1ccnc1. The number of hydrogen-bond acceptors (Lipinski definition) is 2. The van der Waals surface area contributed by atoms with Gasteiger partial charge >= 0.3 is 0 Å². The molecule has 62 valence electrons. The zero-order chi connectivity index (χ0) is 8.39. The topological polar surface area (TPSA) is 41.6 Å². The Balaban J connectivity index is 2.20. The fourth-order valence-electron chi connectivity index (χ4n) is 1.91. The third kappa shape index (κ3) is 1.10. The molecule has 2 atom stereocenters. The molecule has 12 heavy (non-hydrogen) atoms. The molecule has 0 amide bonds. The third-order valence-electron chi connectivity index (χ3n) is 2.55. The van der Waals surface area contributed by atoms with Crippen LogP contribution in [0.25, 0.3) is 0 Å². The summed E-state index contributed by atoms with van der Waals surface area (Å²) in [4.78, 5) is 3.99. The number of hydrogen-bond donors (Lipinski definition) is 0. The molecule has 1 saturated carbocycles. The minimum Gasteiger partial charge on any atom is -0.333 e. The van der Waals surface area contributed by atoms with Crippen LogP contribution in [0.15, 0.2) is 18.7 Å². The Morgan fingerprint density at radius 1 is 1.50 bits per heavy atom. The molecule has 1 aromatic rings. The second-order valence-electron chi connectivity index (χ2n) is 3.24. The van der Waals surface area contributed by atoms with Gasteiger partial charge in [-0.2, -0.15) is 5.26 Å². The molecule has 0 spiro atoms. The summed E-state index contributed by atoms with van der Waals surface area (Å²) in [5.74, 6) is 0.194. The Hall–Kier alpha value is -1.30. The molecular formula is C9H11N3. The van der Waals surface area contributed by atoms with E-state index in [2.05, 4.69) is 15.6 Å². The molecule has 0 aliphatic heterocycles. The van der Waals surface area contributed by atoms with Gasteiger partial charge < -0.3 is 4.57 Å². The zero-order valence-electron chi connectivity index (χ0n) is 6.85. The van der Waals surface area contributed by atoms with Gasteiger partial charge in [-0.25, -0.2) is 4.98 Å². The van der Waals surface area contributed by atoms with Crippen molar-refractivity contribution in [3.63, 3.8) is 0 Å². The first-order valence-electron chi connectivity index (χ1n) is 4.29. The van der Waals surface area contributed by atoms with E-state index in [9.17, 15) is 0 Å². The highest BCUT2D eigenvalue weighted by molar-refractivity contribution is 4.97. The minimum absolute atomic E-state index is 0.194. The molecule has 1 aliphatic rings. The van der Waals surface area contributed by atoms with E-state index in [4.69, 9.17) is 5.26 Å². The molecule has 1 aliphatic carbocycles. The molecule has 0 saturated heterocycles. The molecule has 0 bridgehead atoms. The first kappa shape index (κ1) is 7.35. The summed E-state index contributed by atoms with van der Waals surface area (Å²) in [6.07, 6.45) is 8.85. The zero-order valence-corrected chi connectivity index (χ0v) is 6.85. The van der Waals surface area contributed by atoms with Crippen LogP contribution in [0.1, 0.15) is 25.3 Å². The first-order chi connectivity index (χ1) is 5.92. The van der Waals surface area contributed by atoms with E-state index >= 15 is 0 Å². The predicted molar refractivity (Wildman–Crippen MR) is 44.2 cm³/mol. The highest BCUT2D eigenvalue weighted by Crippen LogP contribution is 2.34. The lowest BCUT2D eigenvalue weighted by Crippen LogP contribution is -2.10. The first-order valence-corrected chi connectivity index (χ1v) is 4.29. The average Bonchev–Trinajstić information content (AvgIpc) is 2.74. The molecule has 1 fully saturated rings. The second-order valence-corrected chi connectivity index (χ2v) is 3.24. The molecule has 0 aromatic carbocycles. The second kappa shape index (κ2) is 2.98. The number of rotatable bonds is 1. The van der Waals surface area contributed by atoms with E-state index in [1.54, 1.807) is 12.5 Å². The van der Waals surface area contributed by atoms with Crippen molar-refractivity contribution in [2.45, 2.75) is 25.3 Å².